The summed E-state index contributed by atoms with van der Waals surface area (Å²) in [5.41, 5.74) is 2.48. The van der Waals surface area contributed by atoms with Crippen LogP contribution in [-0.4, -0.2) is 11.9 Å². The van der Waals surface area contributed by atoms with Crippen LogP contribution in [0, 0.1) is 0 Å². The first-order valence-corrected chi connectivity index (χ1v) is 5.78. The van der Waals surface area contributed by atoms with Crippen molar-refractivity contribution in [1.29, 1.82) is 0 Å². The molecular weight excluding hydrogens is 240 g/mol. The van der Waals surface area contributed by atoms with E-state index in [0.717, 1.165) is 5.33 Å². The van der Waals surface area contributed by atoms with Crippen LogP contribution in [0.4, 0.5) is 0 Å². The molecule has 0 radical (unpaired) electrons. The third-order valence-electron chi connectivity index (χ3n) is 1.87. The van der Waals surface area contributed by atoms with Gasteiger partial charge in [-0.2, -0.15) is 0 Å². The lowest BCUT2D eigenvalue weighted by Gasteiger charge is -2.04. The van der Waals surface area contributed by atoms with E-state index in [2.05, 4.69) is 41.1 Å². The maximum atomic E-state index is 5.54. The summed E-state index contributed by atoms with van der Waals surface area (Å²) in [5, 5.41) is 0.896. The molecule has 1 nitrogen and oxygen atoms in total. The molecule has 0 aliphatic carbocycles. The van der Waals surface area contributed by atoms with Crippen LogP contribution in [0.1, 0.15) is 12.5 Å². The van der Waals surface area contributed by atoms with Crippen molar-refractivity contribution in [3.05, 3.63) is 47.5 Å². The van der Waals surface area contributed by atoms with Crippen molar-refractivity contribution in [1.82, 2.24) is 0 Å². The molecule has 0 aromatic heterocycles. The number of rotatable bonds is 5. The second-order valence-corrected chi connectivity index (χ2v) is 3.83. The number of alkyl halides is 1. The van der Waals surface area contributed by atoms with Crippen molar-refractivity contribution in [3.8, 4) is 0 Å². The lowest BCUT2D eigenvalue weighted by molar-refractivity contribution is 0.142. The van der Waals surface area contributed by atoms with Crippen LogP contribution >= 0.6 is 15.9 Å². The molecular formula is C12H15BrO. The molecule has 2 heteroatoms. The van der Waals surface area contributed by atoms with Gasteiger partial charge in [-0.3, -0.25) is 0 Å². The highest BCUT2D eigenvalue weighted by molar-refractivity contribution is 9.09. The van der Waals surface area contributed by atoms with Crippen molar-refractivity contribution in [2.24, 2.45) is 0 Å². The van der Waals surface area contributed by atoms with E-state index in [1.807, 2.05) is 18.2 Å². The lowest BCUT2D eigenvalue weighted by atomic mass is 10.2. The standard InChI is InChI=1S/C12H15BrO/c1-11(7-8-13)9-14-10-12-5-3-2-4-6-12/h2-7H,8-10H2,1H3. The molecule has 0 amide bonds. The normalized spacial score (nSPS) is 11.7. The Bertz CT molecular complexity index is 280. The maximum absolute atomic E-state index is 5.54. The SMILES string of the molecule is CC(=CCBr)COCc1ccccc1. The first-order valence-electron chi connectivity index (χ1n) is 4.66. The second kappa shape index (κ2) is 6.80. The molecule has 0 spiro atoms. The molecule has 0 aliphatic rings. The summed E-state index contributed by atoms with van der Waals surface area (Å²) < 4.78 is 5.54. The van der Waals surface area contributed by atoms with Crippen molar-refractivity contribution < 1.29 is 4.74 Å². The van der Waals surface area contributed by atoms with E-state index in [0.29, 0.717) is 13.2 Å². The molecule has 0 aliphatic heterocycles. The van der Waals surface area contributed by atoms with Crippen LogP contribution in [0.5, 0.6) is 0 Å². The molecule has 1 aromatic rings. The average molecular weight is 255 g/mol. The van der Waals surface area contributed by atoms with Crippen LogP contribution in [0.15, 0.2) is 42.0 Å². The number of halogens is 1. The number of benzene rings is 1. The minimum absolute atomic E-state index is 0.689. The Labute approximate surface area is 93.9 Å². The van der Waals surface area contributed by atoms with E-state index in [1.165, 1.54) is 11.1 Å². The molecule has 0 saturated heterocycles. The van der Waals surface area contributed by atoms with Gasteiger partial charge in [0, 0.05) is 5.33 Å². The molecule has 76 valence electrons. The summed E-state index contributed by atoms with van der Waals surface area (Å²) in [4.78, 5) is 0. The predicted octanol–water partition coefficient (Wildman–Crippen LogP) is 3.54. The smallest absolute Gasteiger partial charge is 0.0721 e. The summed E-state index contributed by atoms with van der Waals surface area (Å²) in [7, 11) is 0. The Kier molecular flexibility index (Phi) is 5.57. The fraction of sp³-hybridized carbons (Fsp3) is 0.333. The highest BCUT2D eigenvalue weighted by atomic mass is 79.9. The Hall–Kier alpha value is -0.600. The molecule has 0 bridgehead atoms. The number of hydrogen-bond donors (Lipinski definition) is 0. The van der Waals surface area contributed by atoms with Gasteiger partial charge in [-0.25, -0.2) is 0 Å². The van der Waals surface area contributed by atoms with Crippen LogP contribution < -0.4 is 0 Å². The summed E-state index contributed by atoms with van der Waals surface area (Å²) in [5.74, 6) is 0. The van der Waals surface area contributed by atoms with E-state index in [1.54, 1.807) is 0 Å². The highest BCUT2D eigenvalue weighted by Crippen LogP contribution is 2.02. The zero-order valence-electron chi connectivity index (χ0n) is 8.37. The number of ether oxygens (including phenoxy) is 1. The molecule has 1 rings (SSSR count). The van der Waals surface area contributed by atoms with Gasteiger partial charge >= 0.3 is 0 Å². The van der Waals surface area contributed by atoms with Gasteiger partial charge in [0.1, 0.15) is 0 Å². The molecule has 0 saturated carbocycles. The van der Waals surface area contributed by atoms with Gasteiger partial charge in [-0.05, 0) is 12.5 Å². The van der Waals surface area contributed by atoms with E-state index in [-0.39, 0.29) is 0 Å². The molecule has 1 aromatic carbocycles. The Balaban J connectivity index is 2.25. The molecule has 0 unspecified atom stereocenters. The van der Waals surface area contributed by atoms with Crippen LogP contribution in [0.3, 0.4) is 0 Å². The molecule has 14 heavy (non-hydrogen) atoms. The minimum atomic E-state index is 0.689. The minimum Gasteiger partial charge on any atom is -0.372 e. The maximum Gasteiger partial charge on any atom is 0.0721 e. The van der Waals surface area contributed by atoms with Crippen LogP contribution in [-0.2, 0) is 11.3 Å². The first kappa shape index (κ1) is 11.5. The topological polar surface area (TPSA) is 9.23 Å². The van der Waals surface area contributed by atoms with E-state index < -0.39 is 0 Å². The molecule has 0 atom stereocenters. The molecule has 0 fully saturated rings. The van der Waals surface area contributed by atoms with Gasteiger partial charge in [0.15, 0.2) is 0 Å². The van der Waals surface area contributed by atoms with Gasteiger partial charge in [-0.15, -0.1) is 0 Å². The summed E-state index contributed by atoms with van der Waals surface area (Å²) in [6.07, 6.45) is 2.12. The lowest BCUT2D eigenvalue weighted by Crippen LogP contribution is -1.96. The summed E-state index contributed by atoms with van der Waals surface area (Å²) >= 11 is 3.35. The van der Waals surface area contributed by atoms with Crippen LogP contribution in [0.25, 0.3) is 0 Å². The fourth-order valence-corrected chi connectivity index (χ4v) is 1.65. The highest BCUT2D eigenvalue weighted by Gasteiger charge is 1.92. The van der Waals surface area contributed by atoms with Crippen LogP contribution in [0.2, 0.25) is 0 Å². The Morgan fingerprint density at radius 1 is 1.36 bits per heavy atom. The van der Waals surface area contributed by atoms with Gasteiger partial charge in [0.2, 0.25) is 0 Å². The quantitative estimate of drug-likeness (QED) is 0.577. The Morgan fingerprint density at radius 3 is 2.71 bits per heavy atom. The van der Waals surface area contributed by atoms with Gasteiger partial charge < -0.3 is 4.74 Å². The first-order chi connectivity index (χ1) is 6.83. The summed E-state index contributed by atoms with van der Waals surface area (Å²) in [6, 6.07) is 10.2. The van der Waals surface area contributed by atoms with E-state index in [4.69, 9.17) is 4.74 Å². The van der Waals surface area contributed by atoms with E-state index >= 15 is 0 Å². The molecule has 0 N–H and O–H groups in total. The zero-order chi connectivity index (χ0) is 10.2. The van der Waals surface area contributed by atoms with Gasteiger partial charge in [0.05, 0.1) is 13.2 Å². The third kappa shape index (κ3) is 4.58. The largest absolute Gasteiger partial charge is 0.372 e. The number of allylic oxidation sites excluding steroid dienone is 1. The third-order valence-corrected chi connectivity index (χ3v) is 2.19. The van der Waals surface area contributed by atoms with Crippen molar-refractivity contribution in [2.75, 3.05) is 11.9 Å². The Morgan fingerprint density at radius 2 is 2.07 bits per heavy atom. The van der Waals surface area contributed by atoms with Gasteiger partial charge in [-0.1, -0.05) is 57.9 Å². The predicted molar refractivity (Wildman–Crippen MR) is 63.6 cm³/mol. The number of hydrogen-bond acceptors (Lipinski definition) is 1. The monoisotopic (exact) mass is 254 g/mol. The van der Waals surface area contributed by atoms with Crippen molar-refractivity contribution in [2.45, 2.75) is 13.5 Å². The van der Waals surface area contributed by atoms with Gasteiger partial charge in [0.25, 0.3) is 0 Å². The van der Waals surface area contributed by atoms with E-state index in [9.17, 15) is 0 Å². The fourth-order valence-electron chi connectivity index (χ4n) is 1.09. The van der Waals surface area contributed by atoms with Crippen molar-refractivity contribution >= 4 is 15.9 Å². The summed E-state index contributed by atoms with van der Waals surface area (Å²) in [6.45, 7) is 3.47. The average Bonchev–Trinajstić information content (AvgIpc) is 2.20. The second-order valence-electron chi connectivity index (χ2n) is 3.18. The molecule has 0 heterocycles. The van der Waals surface area contributed by atoms with Crippen molar-refractivity contribution in [3.63, 3.8) is 0 Å². The zero-order valence-corrected chi connectivity index (χ0v) is 9.96.